The van der Waals surface area contributed by atoms with Crippen molar-refractivity contribution in [1.29, 1.82) is 0 Å². The number of pyridine rings is 1. The summed E-state index contributed by atoms with van der Waals surface area (Å²) >= 11 is 0. The van der Waals surface area contributed by atoms with Gasteiger partial charge in [0.2, 0.25) is 0 Å². The van der Waals surface area contributed by atoms with Crippen molar-refractivity contribution in [3.8, 4) is 0 Å². The van der Waals surface area contributed by atoms with Gasteiger partial charge in [0.15, 0.2) is 0 Å². The second-order valence-electron chi connectivity index (χ2n) is 7.70. The van der Waals surface area contributed by atoms with Crippen molar-refractivity contribution < 1.29 is 9.59 Å². The second-order valence-corrected chi connectivity index (χ2v) is 7.70. The molecule has 2 aromatic carbocycles. The standard InChI is InChI=1S/C24H22N4O2/c29-23(26-20-9-5-2-6-10-20)19-13-18-14-21-16-27(11-12-28(21)22(18)25-15-19)24(30)17-7-3-1-4-8-17/h1-10,13,15,21H,11-12,14,16H2,(H,26,29). The molecular formula is C24H22N4O2. The number of hydrogen-bond donors (Lipinski definition) is 1. The van der Waals surface area contributed by atoms with Gasteiger partial charge in [-0.1, -0.05) is 36.4 Å². The van der Waals surface area contributed by atoms with Crippen molar-refractivity contribution in [2.24, 2.45) is 0 Å². The summed E-state index contributed by atoms with van der Waals surface area (Å²) in [7, 11) is 0. The minimum absolute atomic E-state index is 0.0714. The first-order valence-electron chi connectivity index (χ1n) is 10.2. The fourth-order valence-electron chi connectivity index (χ4n) is 4.27. The Balaban J connectivity index is 1.30. The highest BCUT2D eigenvalue weighted by Gasteiger charge is 2.37. The van der Waals surface area contributed by atoms with Crippen molar-refractivity contribution in [2.45, 2.75) is 12.5 Å². The van der Waals surface area contributed by atoms with Crippen molar-refractivity contribution in [2.75, 3.05) is 29.9 Å². The van der Waals surface area contributed by atoms with E-state index in [-0.39, 0.29) is 17.9 Å². The molecule has 1 atom stereocenters. The SMILES string of the molecule is O=C(Nc1ccccc1)c1cnc2c(c1)CC1CN(C(=O)c3ccccc3)CCN21. The molecule has 2 aliphatic heterocycles. The zero-order chi connectivity index (χ0) is 20.5. The molecule has 1 unspecified atom stereocenters. The largest absolute Gasteiger partial charge is 0.350 e. The van der Waals surface area contributed by atoms with E-state index in [4.69, 9.17) is 0 Å². The molecule has 1 saturated heterocycles. The van der Waals surface area contributed by atoms with Crippen LogP contribution in [0.4, 0.5) is 11.5 Å². The maximum atomic E-state index is 12.8. The first-order valence-corrected chi connectivity index (χ1v) is 10.2. The summed E-state index contributed by atoms with van der Waals surface area (Å²) in [5.41, 5.74) is 3.10. The van der Waals surface area contributed by atoms with Gasteiger partial charge in [-0.2, -0.15) is 0 Å². The average Bonchev–Trinajstić information content (AvgIpc) is 3.16. The van der Waals surface area contributed by atoms with Crippen LogP contribution in [0.2, 0.25) is 0 Å². The Kier molecular flexibility index (Phi) is 4.67. The molecule has 1 fully saturated rings. The van der Waals surface area contributed by atoms with E-state index in [1.165, 1.54) is 0 Å². The summed E-state index contributed by atoms with van der Waals surface area (Å²) in [6, 6.07) is 20.9. The van der Waals surface area contributed by atoms with Crippen LogP contribution in [0, 0.1) is 0 Å². The number of benzene rings is 2. The molecule has 1 aromatic heterocycles. The third kappa shape index (κ3) is 3.41. The Morgan fingerprint density at radius 3 is 2.43 bits per heavy atom. The van der Waals surface area contributed by atoms with E-state index < -0.39 is 0 Å². The lowest BCUT2D eigenvalue weighted by Gasteiger charge is -2.38. The van der Waals surface area contributed by atoms with Crippen LogP contribution in [0.3, 0.4) is 0 Å². The van der Waals surface area contributed by atoms with Gasteiger partial charge in [-0.3, -0.25) is 9.59 Å². The van der Waals surface area contributed by atoms with Gasteiger partial charge >= 0.3 is 0 Å². The molecule has 6 nitrogen and oxygen atoms in total. The number of carbonyl (C=O) groups excluding carboxylic acids is 2. The molecule has 0 saturated carbocycles. The van der Waals surface area contributed by atoms with Gasteiger partial charge in [-0.15, -0.1) is 0 Å². The molecule has 2 aliphatic rings. The monoisotopic (exact) mass is 398 g/mol. The molecule has 2 amide bonds. The van der Waals surface area contributed by atoms with Gasteiger partial charge in [0.1, 0.15) is 5.82 Å². The molecule has 3 aromatic rings. The number of nitrogens with one attached hydrogen (secondary N) is 1. The highest BCUT2D eigenvalue weighted by Crippen LogP contribution is 2.33. The fourth-order valence-corrected chi connectivity index (χ4v) is 4.27. The van der Waals surface area contributed by atoms with Crippen LogP contribution in [-0.4, -0.2) is 47.4 Å². The highest BCUT2D eigenvalue weighted by molar-refractivity contribution is 6.04. The number of aromatic nitrogens is 1. The maximum absolute atomic E-state index is 12.8. The summed E-state index contributed by atoms with van der Waals surface area (Å²) in [5, 5.41) is 2.91. The molecule has 3 heterocycles. The number of piperazine rings is 1. The van der Waals surface area contributed by atoms with Crippen LogP contribution >= 0.6 is 0 Å². The normalized spacial score (nSPS) is 17.3. The van der Waals surface area contributed by atoms with E-state index in [2.05, 4.69) is 15.2 Å². The maximum Gasteiger partial charge on any atom is 0.257 e. The molecule has 5 rings (SSSR count). The number of amides is 2. The molecule has 30 heavy (non-hydrogen) atoms. The molecule has 0 spiro atoms. The van der Waals surface area contributed by atoms with Crippen LogP contribution in [0.5, 0.6) is 0 Å². The third-order valence-corrected chi connectivity index (χ3v) is 5.75. The summed E-state index contributed by atoms with van der Waals surface area (Å²) in [5.74, 6) is 0.840. The van der Waals surface area contributed by atoms with Gasteiger partial charge in [-0.05, 0) is 42.3 Å². The van der Waals surface area contributed by atoms with Gasteiger partial charge in [-0.25, -0.2) is 4.98 Å². The first-order chi connectivity index (χ1) is 14.7. The number of para-hydroxylation sites is 1. The predicted molar refractivity (Wildman–Crippen MR) is 116 cm³/mol. The Bertz CT molecular complexity index is 1080. The predicted octanol–water partition coefficient (Wildman–Crippen LogP) is 3.22. The summed E-state index contributed by atoms with van der Waals surface area (Å²) in [6.45, 7) is 2.08. The molecule has 0 bridgehead atoms. The lowest BCUT2D eigenvalue weighted by atomic mass is 10.1. The van der Waals surface area contributed by atoms with E-state index in [0.29, 0.717) is 18.7 Å². The second kappa shape index (κ2) is 7.63. The van der Waals surface area contributed by atoms with E-state index in [9.17, 15) is 9.59 Å². The van der Waals surface area contributed by atoms with Gasteiger partial charge in [0, 0.05) is 37.1 Å². The first kappa shape index (κ1) is 18.4. The van der Waals surface area contributed by atoms with Crippen molar-refractivity contribution in [1.82, 2.24) is 9.88 Å². The summed E-state index contributed by atoms with van der Waals surface area (Å²) in [6.07, 6.45) is 2.42. The van der Waals surface area contributed by atoms with Crippen molar-refractivity contribution >= 4 is 23.3 Å². The number of carbonyl (C=O) groups is 2. The zero-order valence-corrected chi connectivity index (χ0v) is 16.5. The Morgan fingerprint density at radius 2 is 1.67 bits per heavy atom. The molecule has 6 heteroatoms. The smallest absolute Gasteiger partial charge is 0.257 e. The number of rotatable bonds is 3. The fraction of sp³-hybridized carbons (Fsp3) is 0.208. The van der Waals surface area contributed by atoms with Crippen LogP contribution in [0.15, 0.2) is 72.9 Å². The van der Waals surface area contributed by atoms with Crippen LogP contribution in [-0.2, 0) is 6.42 Å². The lowest BCUT2D eigenvalue weighted by molar-refractivity contribution is 0.0725. The quantitative estimate of drug-likeness (QED) is 0.736. The molecular weight excluding hydrogens is 376 g/mol. The Hall–Kier alpha value is -3.67. The highest BCUT2D eigenvalue weighted by atomic mass is 16.2. The lowest BCUT2D eigenvalue weighted by Crippen LogP contribution is -2.53. The number of nitrogens with zero attached hydrogens (tertiary/aromatic N) is 3. The van der Waals surface area contributed by atoms with Crippen LogP contribution in [0.1, 0.15) is 26.3 Å². The molecule has 0 radical (unpaired) electrons. The van der Waals surface area contributed by atoms with Crippen LogP contribution < -0.4 is 10.2 Å². The number of hydrogen-bond acceptors (Lipinski definition) is 4. The van der Waals surface area contributed by atoms with Gasteiger partial charge < -0.3 is 15.1 Å². The molecule has 1 N–H and O–H groups in total. The summed E-state index contributed by atoms with van der Waals surface area (Å²) < 4.78 is 0. The minimum Gasteiger partial charge on any atom is -0.350 e. The molecule has 0 aliphatic carbocycles. The average molecular weight is 398 g/mol. The Morgan fingerprint density at radius 1 is 0.933 bits per heavy atom. The van der Waals surface area contributed by atoms with Gasteiger partial charge in [0.05, 0.1) is 11.6 Å². The van der Waals surface area contributed by atoms with Crippen molar-refractivity contribution in [3.63, 3.8) is 0 Å². The third-order valence-electron chi connectivity index (χ3n) is 5.75. The van der Waals surface area contributed by atoms with E-state index in [0.717, 1.165) is 35.6 Å². The van der Waals surface area contributed by atoms with E-state index in [1.54, 1.807) is 6.20 Å². The number of anilines is 2. The topological polar surface area (TPSA) is 65.5 Å². The summed E-state index contributed by atoms with van der Waals surface area (Å²) in [4.78, 5) is 34.2. The Labute approximate surface area is 175 Å². The molecule has 150 valence electrons. The van der Waals surface area contributed by atoms with Crippen LogP contribution in [0.25, 0.3) is 0 Å². The number of fused-ring (bicyclic) bond motifs is 3. The van der Waals surface area contributed by atoms with E-state index >= 15 is 0 Å². The van der Waals surface area contributed by atoms with Crippen molar-refractivity contribution in [3.05, 3.63) is 89.6 Å². The van der Waals surface area contributed by atoms with Gasteiger partial charge in [0.25, 0.3) is 11.8 Å². The zero-order valence-electron chi connectivity index (χ0n) is 16.5. The van der Waals surface area contributed by atoms with E-state index in [1.807, 2.05) is 71.6 Å². The minimum atomic E-state index is -0.165.